The summed E-state index contributed by atoms with van der Waals surface area (Å²) in [6, 6.07) is 5.76. The Morgan fingerprint density at radius 2 is 1.95 bits per heavy atom. The molecule has 1 heterocycles. The third-order valence-corrected chi connectivity index (χ3v) is 3.88. The van der Waals surface area contributed by atoms with Gasteiger partial charge in [-0.25, -0.2) is 0 Å². The molecule has 0 radical (unpaired) electrons. The van der Waals surface area contributed by atoms with Gasteiger partial charge in [0.25, 0.3) is 5.91 Å². The molecular formula is C15H25Cl2N3O. The standard InChI is InChI=1S/C15H23N3O.2ClH/c1-3-18-8-6-13(7-9-18)17-15(19)14-10-12(16)5-4-11(14)2;;/h4-5,10,13H,3,6-9,16H2,1-2H3,(H,17,19);2*1H. The fraction of sp³-hybridized carbons (Fsp3) is 0.533. The Morgan fingerprint density at radius 3 is 2.52 bits per heavy atom. The van der Waals surface area contributed by atoms with Crippen molar-refractivity contribution in [1.82, 2.24) is 10.2 Å². The van der Waals surface area contributed by atoms with Crippen molar-refractivity contribution in [2.24, 2.45) is 0 Å². The molecule has 2 rings (SSSR count). The summed E-state index contributed by atoms with van der Waals surface area (Å²) in [6.07, 6.45) is 2.06. The summed E-state index contributed by atoms with van der Waals surface area (Å²) < 4.78 is 0. The van der Waals surface area contributed by atoms with E-state index in [9.17, 15) is 4.79 Å². The van der Waals surface area contributed by atoms with Gasteiger partial charge in [0, 0.05) is 30.4 Å². The number of aryl methyl sites for hydroxylation is 1. The number of piperidine rings is 1. The minimum atomic E-state index is -0.000233. The zero-order chi connectivity index (χ0) is 13.8. The molecule has 0 bridgehead atoms. The lowest BCUT2D eigenvalue weighted by Gasteiger charge is -2.31. The van der Waals surface area contributed by atoms with Crippen LogP contribution in [0.25, 0.3) is 0 Å². The van der Waals surface area contributed by atoms with Gasteiger partial charge >= 0.3 is 0 Å². The molecule has 1 amide bonds. The minimum Gasteiger partial charge on any atom is -0.399 e. The molecule has 1 saturated heterocycles. The zero-order valence-electron chi connectivity index (χ0n) is 12.6. The fourth-order valence-corrected chi connectivity index (χ4v) is 2.54. The number of benzene rings is 1. The third kappa shape index (κ3) is 5.38. The van der Waals surface area contributed by atoms with Crippen LogP contribution in [0.15, 0.2) is 18.2 Å². The lowest BCUT2D eigenvalue weighted by molar-refractivity contribution is 0.0912. The number of likely N-dealkylation sites (tertiary alicyclic amines) is 1. The first-order chi connectivity index (χ1) is 9.10. The van der Waals surface area contributed by atoms with E-state index < -0.39 is 0 Å². The van der Waals surface area contributed by atoms with Crippen molar-refractivity contribution in [2.45, 2.75) is 32.7 Å². The maximum Gasteiger partial charge on any atom is 0.251 e. The molecule has 4 nitrogen and oxygen atoms in total. The molecule has 1 aromatic rings. The van der Waals surface area contributed by atoms with Crippen molar-refractivity contribution in [1.29, 1.82) is 0 Å². The average Bonchev–Trinajstić information content (AvgIpc) is 2.42. The lowest BCUT2D eigenvalue weighted by Crippen LogP contribution is -2.44. The molecule has 0 saturated carbocycles. The molecule has 6 heteroatoms. The van der Waals surface area contributed by atoms with Crippen LogP contribution in [0.4, 0.5) is 5.69 Å². The number of carbonyl (C=O) groups is 1. The van der Waals surface area contributed by atoms with Gasteiger partial charge in [0.1, 0.15) is 0 Å². The van der Waals surface area contributed by atoms with Crippen molar-refractivity contribution in [3.63, 3.8) is 0 Å². The highest BCUT2D eigenvalue weighted by Gasteiger charge is 2.20. The number of nitrogens with one attached hydrogen (secondary N) is 1. The molecule has 120 valence electrons. The van der Waals surface area contributed by atoms with E-state index in [1.54, 1.807) is 6.07 Å². The predicted molar refractivity (Wildman–Crippen MR) is 92.7 cm³/mol. The van der Waals surface area contributed by atoms with Crippen LogP contribution in [-0.4, -0.2) is 36.5 Å². The van der Waals surface area contributed by atoms with E-state index in [4.69, 9.17) is 5.73 Å². The van der Waals surface area contributed by atoms with E-state index in [0.29, 0.717) is 11.3 Å². The highest BCUT2D eigenvalue weighted by molar-refractivity contribution is 5.96. The molecule has 1 aliphatic rings. The van der Waals surface area contributed by atoms with E-state index >= 15 is 0 Å². The van der Waals surface area contributed by atoms with Crippen LogP contribution in [0.5, 0.6) is 0 Å². The Balaban J connectivity index is 0.00000200. The van der Waals surface area contributed by atoms with Crippen molar-refractivity contribution in [3.8, 4) is 0 Å². The van der Waals surface area contributed by atoms with Gasteiger partial charge in [-0.2, -0.15) is 0 Å². The first-order valence-electron chi connectivity index (χ1n) is 6.99. The Hall–Kier alpha value is -0.970. The van der Waals surface area contributed by atoms with Crippen LogP contribution in [0.1, 0.15) is 35.7 Å². The van der Waals surface area contributed by atoms with E-state index in [0.717, 1.165) is 38.0 Å². The number of hydrogen-bond donors (Lipinski definition) is 2. The molecule has 0 atom stereocenters. The van der Waals surface area contributed by atoms with Crippen LogP contribution < -0.4 is 11.1 Å². The van der Waals surface area contributed by atoms with Crippen molar-refractivity contribution < 1.29 is 4.79 Å². The topological polar surface area (TPSA) is 58.4 Å². The summed E-state index contributed by atoms with van der Waals surface area (Å²) in [4.78, 5) is 14.7. The largest absolute Gasteiger partial charge is 0.399 e. The first kappa shape index (κ1) is 20.0. The summed E-state index contributed by atoms with van der Waals surface area (Å²) in [7, 11) is 0. The van der Waals surface area contributed by atoms with Gasteiger partial charge in [0.2, 0.25) is 0 Å². The number of rotatable bonds is 3. The first-order valence-corrected chi connectivity index (χ1v) is 6.99. The molecule has 1 aliphatic heterocycles. The number of anilines is 1. The maximum absolute atomic E-state index is 12.3. The monoisotopic (exact) mass is 333 g/mol. The highest BCUT2D eigenvalue weighted by atomic mass is 35.5. The lowest BCUT2D eigenvalue weighted by atomic mass is 10.0. The number of halogens is 2. The number of nitrogens with two attached hydrogens (primary N) is 1. The SMILES string of the molecule is CCN1CCC(NC(=O)c2cc(N)ccc2C)CC1.Cl.Cl. The predicted octanol–water partition coefficient (Wildman–Crippen LogP) is 2.63. The Labute approximate surface area is 139 Å². The van der Waals surface area contributed by atoms with E-state index in [1.165, 1.54) is 0 Å². The number of hydrogen-bond acceptors (Lipinski definition) is 3. The summed E-state index contributed by atoms with van der Waals surface area (Å²) in [5.41, 5.74) is 8.05. The van der Waals surface area contributed by atoms with Crippen LogP contribution in [0.2, 0.25) is 0 Å². The second kappa shape index (κ2) is 9.13. The molecular weight excluding hydrogens is 309 g/mol. The Kier molecular flexibility index (Phi) is 8.71. The van der Waals surface area contributed by atoms with E-state index in [2.05, 4.69) is 17.1 Å². The van der Waals surface area contributed by atoms with Gasteiger partial charge in [-0.1, -0.05) is 13.0 Å². The smallest absolute Gasteiger partial charge is 0.251 e. The van der Waals surface area contributed by atoms with Gasteiger partial charge in [-0.05, 0) is 44.0 Å². The second-order valence-corrected chi connectivity index (χ2v) is 5.26. The summed E-state index contributed by atoms with van der Waals surface area (Å²) in [6.45, 7) is 7.34. The number of amides is 1. The van der Waals surface area contributed by atoms with Crippen LogP contribution in [0.3, 0.4) is 0 Å². The maximum atomic E-state index is 12.3. The van der Waals surface area contributed by atoms with Gasteiger partial charge in [-0.3, -0.25) is 4.79 Å². The molecule has 1 aromatic carbocycles. The van der Waals surface area contributed by atoms with Gasteiger partial charge in [-0.15, -0.1) is 24.8 Å². The van der Waals surface area contributed by atoms with Gasteiger partial charge in [0.05, 0.1) is 0 Å². The molecule has 1 fully saturated rings. The summed E-state index contributed by atoms with van der Waals surface area (Å²) >= 11 is 0. The zero-order valence-corrected chi connectivity index (χ0v) is 14.2. The van der Waals surface area contributed by atoms with Crippen LogP contribution >= 0.6 is 24.8 Å². The molecule has 0 unspecified atom stereocenters. The Morgan fingerprint density at radius 1 is 1.33 bits per heavy atom. The van der Waals surface area contributed by atoms with E-state index in [-0.39, 0.29) is 36.8 Å². The number of nitrogen functional groups attached to an aromatic ring is 1. The van der Waals surface area contributed by atoms with E-state index in [1.807, 2.05) is 19.1 Å². The molecule has 0 aliphatic carbocycles. The molecule has 0 spiro atoms. The normalized spacial score (nSPS) is 15.7. The van der Waals surface area contributed by atoms with Crippen molar-refractivity contribution >= 4 is 36.4 Å². The number of carbonyl (C=O) groups excluding carboxylic acids is 1. The van der Waals surface area contributed by atoms with Gasteiger partial charge in [0.15, 0.2) is 0 Å². The molecule has 0 aromatic heterocycles. The Bertz CT molecular complexity index is 460. The third-order valence-electron chi connectivity index (χ3n) is 3.88. The minimum absolute atomic E-state index is 0. The number of nitrogens with zero attached hydrogens (tertiary/aromatic N) is 1. The molecule has 3 N–H and O–H groups in total. The highest BCUT2D eigenvalue weighted by Crippen LogP contribution is 2.15. The average molecular weight is 334 g/mol. The second-order valence-electron chi connectivity index (χ2n) is 5.26. The quantitative estimate of drug-likeness (QED) is 0.836. The van der Waals surface area contributed by atoms with Crippen LogP contribution in [0, 0.1) is 6.92 Å². The van der Waals surface area contributed by atoms with Crippen LogP contribution in [-0.2, 0) is 0 Å². The fourth-order valence-electron chi connectivity index (χ4n) is 2.54. The van der Waals surface area contributed by atoms with Crippen molar-refractivity contribution in [3.05, 3.63) is 29.3 Å². The summed E-state index contributed by atoms with van der Waals surface area (Å²) in [5, 5.41) is 3.13. The molecule has 21 heavy (non-hydrogen) atoms. The van der Waals surface area contributed by atoms with Crippen molar-refractivity contribution in [2.75, 3.05) is 25.4 Å². The summed E-state index contributed by atoms with van der Waals surface area (Å²) in [5.74, 6) is -0.000233. The van der Waals surface area contributed by atoms with Gasteiger partial charge < -0.3 is 16.0 Å².